The van der Waals surface area contributed by atoms with Gasteiger partial charge in [-0.1, -0.05) is 29.4 Å². The lowest BCUT2D eigenvalue weighted by molar-refractivity contribution is 0.0696. The van der Waals surface area contributed by atoms with Crippen LogP contribution < -0.4 is 0 Å². The Morgan fingerprint density at radius 3 is 2.83 bits per heavy atom. The van der Waals surface area contributed by atoms with Crippen LogP contribution in [0.4, 0.5) is 4.39 Å². The molecule has 154 valence electrons. The summed E-state index contributed by atoms with van der Waals surface area (Å²) in [6.07, 6.45) is 3.32. The number of hydrogen-bond acceptors (Lipinski definition) is 4. The number of aromatic nitrogens is 3. The number of halogens is 2. The first-order chi connectivity index (χ1) is 14.4. The number of aliphatic hydroxyl groups is 1. The molecule has 0 spiro atoms. The maximum Gasteiger partial charge on any atom is 0.335 e. The van der Waals surface area contributed by atoms with Gasteiger partial charge in [0.1, 0.15) is 0 Å². The van der Waals surface area contributed by atoms with E-state index >= 15 is 4.39 Å². The Morgan fingerprint density at radius 2 is 2.10 bits per heavy atom. The lowest BCUT2D eigenvalue weighted by atomic mass is 10.2. The summed E-state index contributed by atoms with van der Waals surface area (Å²) in [5, 5.41) is 23.3. The minimum atomic E-state index is -1.01. The lowest BCUT2D eigenvalue weighted by Gasteiger charge is -2.07. The van der Waals surface area contributed by atoms with Gasteiger partial charge in [-0.15, -0.1) is 0 Å². The first kappa shape index (κ1) is 20.5. The fraction of sp³-hybridized carbons (Fsp3) is 0.143. The van der Waals surface area contributed by atoms with Crippen molar-refractivity contribution < 1.29 is 19.4 Å². The number of carboxylic acid groups (broad SMARTS) is 1. The second-order valence-electron chi connectivity index (χ2n) is 6.63. The molecule has 2 aromatic carbocycles. The Kier molecular flexibility index (Phi) is 5.55. The summed E-state index contributed by atoms with van der Waals surface area (Å²) in [6, 6.07) is 9.86. The second-order valence-corrected chi connectivity index (χ2v) is 8.12. The summed E-state index contributed by atoms with van der Waals surface area (Å²) in [6.45, 7) is 2.12. The minimum Gasteiger partial charge on any atom is -0.478 e. The summed E-state index contributed by atoms with van der Waals surface area (Å²) in [5.41, 5.74) is 1.90. The van der Waals surface area contributed by atoms with E-state index in [-0.39, 0.29) is 17.2 Å². The Morgan fingerprint density at radius 1 is 1.30 bits per heavy atom. The van der Waals surface area contributed by atoms with Crippen LogP contribution in [0.15, 0.2) is 58.6 Å². The molecule has 4 aromatic rings. The van der Waals surface area contributed by atoms with Crippen molar-refractivity contribution in [1.29, 1.82) is 0 Å². The highest BCUT2D eigenvalue weighted by atomic mass is 35.5. The van der Waals surface area contributed by atoms with Gasteiger partial charge in [-0.3, -0.25) is 4.68 Å². The fourth-order valence-corrected chi connectivity index (χ4v) is 4.60. The second kappa shape index (κ2) is 8.14. The minimum absolute atomic E-state index is 0.00780. The zero-order valence-electron chi connectivity index (χ0n) is 15.8. The van der Waals surface area contributed by atoms with Crippen LogP contribution in [0.25, 0.3) is 16.6 Å². The van der Waals surface area contributed by atoms with Crippen LogP contribution in [0.1, 0.15) is 16.1 Å². The molecule has 4 rings (SSSR count). The van der Waals surface area contributed by atoms with E-state index in [0.717, 1.165) is 15.5 Å². The molecule has 2 N–H and O–H groups in total. The number of aromatic carboxylic acids is 1. The van der Waals surface area contributed by atoms with Crippen LogP contribution in [-0.2, 0) is 6.54 Å². The molecule has 0 atom stereocenters. The number of carbonyl (C=O) groups is 1. The SMILES string of the molecule is Cc1c(Sc2cccc(C(=O)O)c2)c2ccc(Cl)c(F)c2n1-c1cnn(CCO)c1. The van der Waals surface area contributed by atoms with Gasteiger partial charge in [-0.25, -0.2) is 9.18 Å². The maximum absolute atomic E-state index is 15.1. The zero-order chi connectivity index (χ0) is 21.4. The Bertz CT molecular complexity index is 1270. The molecule has 9 heteroatoms. The molecule has 0 aliphatic rings. The van der Waals surface area contributed by atoms with E-state index in [2.05, 4.69) is 5.10 Å². The third kappa shape index (κ3) is 3.58. The number of benzene rings is 2. The molecule has 0 fully saturated rings. The third-order valence-corrected chi connectivity index (χ3v) is 6.21. The fourth-order valence-electron chi connectivity index (χ4n) is 3.36. The molecule has 0 saturated heterocycles. The predicted molar refractivity (Wildman–Crippen MR) is 113 cm³/mol. The monoisotopic (exact) mass is 445 g/mol. The predicted octanol–water partition coefficient (Wildman–Crippen LogP) is 4.77. The molecule has 0 aliphatic carbocycles. The Hall–Kier alpha value is -2.81. The summed E-state index contributed by atoms with van der Waals surface area (Å²) >= 11 is 7.43. The molecular formula is C21H17ClFN3O3S. The zero-order valence-corrected chi connectivity index (χ0v) is 17.4. The van der Waals surface area contributed by atoms with Crippen LogP contribution in [0, 0.1) is 12.7 Å². The number of fused-ring (bicyclic) bond motifs is 1. The van der Waals surface area contributed by atoms with E-state index in [1.54, 1.807) is 39.8 Å². The normalized spacial score (nSPS) is 11.3. The van der Waals surface area contributed by atoms with Gasteiger partial charge in [0.25, 0.3) is 0 Å². The van der Waals surface area contributed by atoms with Gasteiger partial charge >= 0.3 is 5.97 Å². The Labute approximate surface area is 180 Å². The van der Waals surface area contributed by atoms with Gasteiger partial charge in [0, 0.05) is 27.1 Å². The number of hydrogen-bond donors (Lipinski definition) is 2. The lowest BCUT2D eigenvalue weighted by Crippen LogP contribution is -2.02. The van der Waals surface area contributed by atoms with Crippen molar-refractivity contribution in [2.24, 2.45) is 0 Å². The maximum atomic E-state index is 15.1. The standard InChI is InChI=1S/C21H17ClFN3O3S/c1-12-20(30-15-4-2-3-13(9-15)21(28)29)16-5-6-17(22)18(23)19(16)26(12)14-10-24-25(11-14)7-8-27/h2-6,9-11,27H,7-8H2,1H3,(H,28,29). The summed E-state index contributed by atoms with van der Waals surface area (Å²) in [4.78, 5) is 12.8. The van der Waals surface area contributed by atoms with Gasteiger partial charge in [0.05, 0.1) is 41.1 Å². The first-order valence-electron chi connectivity index (χ1n) is 9.04. The van der Waals surface area contributed by atoms with Crippen LogP contribution in [-0.4, -0.2) is 37.1 Å². The van der Waals surface area contributed by atoms with Gasteiger partial charge < -0.3 is 14.8 Å². The van der Waals surface area contributed by atoms with E-state index in [1.807, 2.05) is 13.0 Å². The van der Waals surface area contributed by atoms with Crippen molar-refractivity contribution in [3.63, 3.8) is 0 Å². The van der Waals surface area contributed by atoms with Gasteiger partial charge in [0.15, 0.2) is 5.82 Å². The summed E-state index contributed by atoms with van der Waals surface area (Å²) in [7, 11) is 0. The topological polar surface area (TPSA) is 80.3 Å². The first-order valence-corrected chi connectivity index (χ1v) is 10.2. The highest BCUT2D eigenvalue weighted by molar-refractivity contribution is 7.99. The molecule has 0 saturated carbocycles. The summed E-state index contributed by atoms with van der Waals surface area (Å²) < 4.78 is 18.4. The highest BCUT2D eigenvalue weighted by Gasteiger charge is 2.22. The van der Waals surface area contributed by atoms with Crippen molar-refractivity contribution in [2.75, 3.05) is 6.61 Å². The molecule has 0 radical (unpaired) electrons. The van der Waals surface area contributed by atoms with Crippen LogP contribution in [0.3, 0.4) is 0 Å². The molecule has 0 bridgehead atoms. The van der Waals surface area contributed by atoms with E-state index in [9.17, 15) is 9.90 Å². The van der Waals surface area contributed by atoms with Crippen molar-refractivity contribution in [3.8, 4) is 5.69 Å². The van der Waals surface area contributed by atoms with E-state index in [4.69, 9.17) is 16.7 Å². The van der Waals surface area contributed by atoms with Crippen molar-refractivity contribution in [2.45, 2.75) is 23.3 Å². The molecule has 0 unspecified atom stereocenters. The van der Waals surface area contributed by atoms with Crippen LogP contribution >= 0.6 is 23.4 Å². The van der Waals surface area contributed by atoms with E-state index < -0.39 is 11.8 Å². The molecule has 0 aliphatic heterocycles. The largest absolute Gasteiger partial charge is 0.478 e. The molecule has 2 heterocycles. The van der Waals surface area contributed by atoms with Crippen LogP contribution in [0.2, 0.25) is 5.02 Å². The third-order valence-electron chi connectivity index (χ3n) is 4.71. The molecule has 2 aromatic heterocycles. The smallest absolute Gasteiger partial charge is 0.335 e. The van der Waals surface area contributed by atoms with E-state index in [0.29, 0.717) is 23.1 Å². The number of nitrogens with zero attached hydrogens (tertiary/aromatic N) is 3. The number of rotatable bonds is 6. The molecule has 0 amide bonds. The summed E-state index contributed by atoms with van der Waals surface area (Å²) in [5.74, 6) is -1.55. The Balaban J connectivity index is 1.90. The average Bonchev–Trinajstić information content (AvgIpc) is 3.28. The van der Waals surface area contributed by atoms with Crippen molar-refractivity contribution >= 4 is 40.2 Å². The quantitative estimate of drug-likeness (QED) is 0.447. The van der Waals surface area contributed by atoms with Gasteiger partial charge in [0.2, 0.25) is 0 Å². The van der Waals surface area contributed by atoms with Crippen LogP contribution in [0.5, 0.6) is 0 Å². The van der Waals surface area contributed by atoms with Crippen molar-refractivity contribution in [1.82, 2.24) is 14.3 Å². The van der Waals surface area contributed by atoms with E-state index in [1.165, 1.54) is 23.9 Å². The molecule has 30 heavy (non-hydrogen) atoms. The average molecular weight is 446 g/mol. The number of aliphatic hydroxyl groups excluding tert-OH is 1. The van der Waals surface area contributed by atoms with Gasteiger partial charge in [-0.05, 0) is 37.3 Å². The van der Waals surface area contributed by atoms with Gasteiger partial charge in [-0.2, -0.15) is 5.10 Å². The molecular weight excluding hydrogens is 429 g/mol. The highest BCUT2D eigenvalue weighted by Crippen LogP contribution is 2.41. The van der Waals surface area contributed by atoms with Crippen molar-refractivity contribution in [3.05, 3.63) is 70.9 Å². The number of carboxylic acids is 1. The molecule has 6 nitrogen and oxygen atoms in total.